The first-order valence-electron chi connectivity index (χ1n) is 4.26. The summed E-state index contributed by atoms with van der Waals surface area (Å²) in [7, 11) is 0. The van der Waals surface area contributed by atoms with Crippen LogP contribution in [0, 0.1) is 5.82 Å². The van der Waals surface area contributed by atoms with Crippen molar-refractivity contribution in [1.29, 1.82) is 0 Å². The topological polar surface area (TPSA) is 26.0 Å². The van der Waals surface area contributed by atoms with Gasteiger partial charge in [-0.1, -0.05) is 12.1 Å². The summed E-state index contributed by atoms with van der Waals surface area (Å²) < 4.78 is 12.5. The van der Waals surface area contributed by atoms with Gasteiger partial charge in [0.25, 0.3) is 0 Å². The summed E-state index contributed by atoms with van der Waals surface area (Å²) in [5.41, 5.74) is 6.75. The Morgan fingerprint density at radius 3 is 2.54 bits per heavy atom. The highest BCUT2D eigenvalue weighted by atomic mass is 32.2. The lowest BCUT2D eigenvalue weighted by atomic mass is 10.2. The molecule has 1 atom stereocenters. The summed E-state index contributed by atoms with van der Waals surface area (Å²) in [5, 5.41) is 0. The van der Waals surface area contributed by atoms with Crippen LogP contribution in [0.4, 0.5) is 4.39 Å². The fourth-order valence-electron chi connectivity index (χ4n) is 0.943. The minimum atomic E-state index is -0.180. The van der Waals surface area contributed by atoms with Gasteiger partial charge in [0.2, 0.25) is 0 Å². The molecule has 0 amide bonds. The quantitative estimate of drug-likeness (QED) is 0.806. The second-order valence-corrected chi connectivity index (χ2v) is 4.15. The number of thioether (sulfide) groups is 1. The standard InChI is InChI=1S/C10H14FNS/c1-8(12)6-13-7-9-2-4-10(11)5-3-9/h2-5,8H,6-7,12H2,1H3/t8-/m1/s1. The minimum Gasteiger partial charge on any atom is -0.327 e. The summed E-state index contributed by atoms with van der Waals surface area (Å²) in [5.74, 6) is 1.67. The fourth-order valence-corrected chi connectivity index (χ4v) is 1.86. The van der Waals surface area contributed by atoms with E-state index in [4.69, 9.17) is 5.73 Å². The number of halogens is 1. The van der Waals surface area contributed by atoms with E-state index in [9.17, 15) is 4.39 Å². The van der Waals surface area contributed by atoms with Crippen molar-refractivity contribution >= 4 is 11.8 Å². The van der Waals surface area contributed by atoms with E-state index in [0.717, 1.165) is 17.1 Å². The van der Waals surface area contributed by atoms with Crippen LogP contribution in [0.2, 0.25) is 0 Å². The SMILES string of the molecule is C[C@@H](N)CSCc1ccc(F)cc1. The molecule has 0 heterocycles. The molecule has 0 spiro atoms. The van der Waals surface area contributed by atoms with Gasteiger partial charge in [-0.25, -0.2) is 4.39 Å². The molecule has 0 radical (unpaired) electrons. The molecule has 0 saturated heterocycles. The number of benzene rings is 1. The maximum Gasteiger partial charge on any atom is 0.123 e. The van der Waals surface area contributed by atoms with Crippen LogP contribution in [0.25, 0.3) is 0 Å². The van der Waals surface area contributed by atoms with E-state index in [1.165, 1.54) is 12.1 Å². The van der Waals surface area contributed by atoms with Crippen LogP contribution >= 0.6 is 11.8 Å². The Hall–Kier alpha value is -0.540. The van der Waals surface area contributed by atoms with E-state index in [1.807, 2.05) is 19.1 Å². The van der Waals surface area contributed by atoms with E-state index >= 15 is 0 Å². The normalized spacial score (nSPS) is 12.8. The van der Waals surface area contributed by atoms with Crippen LogP contribution in [0.1, 0.15) is 12.5 Å². The van der Waals surface area contributed by atoms with Crippen LogP contribution in [-0.2, 0) is 5.75 Å². The third kappa shape index (κ3) is 4.29. The van der Waals surface area contributed by atoms with E-state index in [0.29, 0.717) is 0 Å². The van der Waals surface area contributed by atoms with Crippen LogP contribution in [0.5, 0.6) is 0 Å². The molecule has 1 rings (SSSR count). The highest BCUT2D eigenvalue weighted by molar-refractivity contribution is 7.98. The smallest absolute Gasteiger partial charge is 0.123 e. The zero-order chi connectivity index (χ0) is 9.68. The predicted molar refractivity (Wildman–Crippen MR) is 56.2 cm³/mol. The molecule has 72 valence electrons. The molecule has 0 saturated carbocycles. The van der Waals surface area contributed by atoms with E-state index in [2.05, 4.69) is 0 Å². The largest absolute Gasteiger partial charge is 0.327 e. The van der Waals surface area contributed by atoms with Gasteiger partial charge in [-0.2, -0.15) is 11.8 Å². The lowest BCUT2D eigenvalue weighted by molar-refractivity contribution is 0.627. The zero-order valence-electron chi connectivity index (χ0n) is 7.66. The maximum absolute atomic E-state index is 12.5. The van der Waals surface area contributed by atoms with Crippen molar-refractivity contribution in [2.45, 2.75) is 18.7 Å². The molecule has 13 heavy (non-hydrogen) atoms. The Labute approximate surface area is 82.5 Å². The average molecular weight is 199 g/mol. The highest BCUT2D eigenvalue weighted by Gasteiger charge is 1.96. The van der Waals surface area contributed by atoms with Crippen molar-refractivity contribution in [3.05, 3.63) is 35.6 Å². The summed E-state index contributed by atoms with van der Waals surface area (Å²) in [4.78, 5) is 0. The monoisotopic (exact) mass is 199 g/mol. The Morgan fingerprint density at radius 2 is 2.00 bits per heavy atom. The van der Waals surface area contributed by atoms with Crippen molar-refractivity contribution in [3.63, 3.8) is 0 Å². The van der Waals surface area contributed by atoms with Crippen molar-refractivity contribution in [1.82, 2.24) is 0 Å². The fraction of sp³-hybridized carbons (Fsp3) is 0.400. The summed E-state index contributed by atoms with van der Waals surface area (Å²) in [6.45, 7) is 1.98. The molecule has 0 aliphatic rings. The van der Waals surface area contributed by atoms with Gasteiger partial charge in [0.05, 0.1) is 0 Å². The number of rotatable bonds is 4. The van der Waals surface area contributed by atoms with Crippen LogP contribution < -0.4 is 5.73 Å². The second kappa shape index (κ2) is 5.25. The maximum atomic E-state index is 12.5. The number of hydrogen-bond acceptors (Lipinski definition) is 2. The second-order valence-electron chi connectivity index (χ2n) is 3.12. The minimum absolute atomic E-state index is 0.180. The molecule has 0 aliphatic heterocycles. The zero-order valence-corrected chi connectivity index (χ0v) is 8.48. The van der Waals surface area contributed by atoms with Gasteiger partial charge in [-0.15, -0.1) is 0 Å². The molecule has 0 fully saturated rings. The first-order chi connectivity index (χ1) is 6.18. The summed E-state index contributed by atoms with van der Waals surface area (Å²) >= 11 is 1.77. The van der Waals surface area contributed by atoms with Crippen LogP contribution in [0.15, 0.2) is 24.3 Å². The van der Waals surface area contributed by atoms with Crippen molar-refractivity contribution in [2.24, 2.45) is 5.73 Å². The lowest BCUT2D eigenvalue weighted by Gasteiger charge is -2.04. The molecule has 0 bridgehead atoms. The third-order valence-corrected chi connectivity index (χ3v) is 2.86. The molecule has 1 aromatic carbocycles. The molecular formula is C10H14FNS. The van der Waals surface area contributed by atoms with Gasteiger partial charge in [-0.05, 0) is 24.6 Å². The van der Waals surface area contributed by atoms with Gasteiger partial charge in [0.1, 0.15) is 5.82 Å². The molecule has 3 heteroatoms. The molecular weight excluding hydrogens is 185 g/mol. The van der Waals surface area contributed by atoms with E-state index < -0.39 is 0 Å². The van der Waals surface area contributed by atoms with Gasteiger partial charge < -0.3 is 5.73 Å². The Balaban J connectivity index is 2.33. The number of hydrogen-bond donors (Lipinski definition) is 1. The molecule has 2 N–H and O–H groups in total. The van der Waals surface area contributed by atoms with Gasteiger partial charge in [0.15, 0.2) is 0 Å². The van der Waals surface area contributed by atoms with Gasteiger partial charge in [-0.3, -0.25) is 0 Å². The predicted octanol–water partition coefficient (Wildman–Crippen LogP) is 2.41. The van der Waals surface area contributed by atoms with Crippen molar-refractivity contribution in [3.8, 4) is 0 Å². The first-order valence-corrected chi connectivity index (χ1v) is 5.41. The van der Waals surface area contributed by atoms with E-state index in [-0.39, 0.29) is 11.9 Å². The van der Waals surface area contributed by atoms with Crippen LogP contribution in [0.3, 0.4) is 0 Å². The Kier molecular flexibility index (Phi) is 4.25. The van der Waals surface area contributed by atoms with Crippen molar-refractivity contribution < 1.29 is 4.39 Å². The average Bonchev–Trinajstić information content (AvgIpc) is 2.08. The third-order valence-electron chi connectivity index (χ3n) is 1.56. The Morgan fingerprint density at radius 1 is 1.38 bits per heavy atom. The van der Waals surface area contributed by atoms with Crippen LogP contribution in [-0.4, -0.2) is 11.8 Å². The summed E-state index contributed by atoms with van der Waals surface area (Å²) in [6.07, 6.45) is 0. The number of nitrogens with two attached hydrogens (primary N) is 1. The molecule has 1 nitrogen and oxygen atoms in total. The summed E-state index contributed by atoms with van der Waals surface area (Å²) in [6, 6.07) is 6.82. The molecule has 0 aromatic heterocycles. The van der Waals surface area contributed by atoms with Gasteiger partial charge >= 0.3 is 0 Å². The molecule has 0 unspecified atom stereocenters. The van der Waals surface area contributed by atoms with Gasteiger partial charge in [0, 0.05) is 17.5 Å². The lowest BCUT2D eigenvalue weighted by Crippen LogP contribution is -2.17. The highest BCUT2D eigenvalue weighted by Crippen LogP contribution is 2.12. The first kappa shape index (κ1) is 10.5. The molecule has 0 aliphatic carbocycles. The van der Waals surface area contributed by atoms with Crippen molar-refractivity contribution in [2.75, 3.05) is 5.75 Å². The van der Waals surface area contributed by atoms with E-state index in [1.54, 1.807) is 11.8 Å². The Bertz CT molecular complexity index is 246. The molecule has 1 aromatic rings.